The summed E-state index contributed by atoms with van der Waals surface area (Å²) in [5.74, 6) is -0.367. The smallest absolute Gasteiger partial charge is 0.321 e. The highest BCUT2D eigenvalue weighted by Gasteiger charge is 2.34. The summed E-state index contributed by atoms with van der Waals surface area (Å²) in [7, 11) is 0. The van der Waals surface area contributed by atoms with E-state index in [4.69, 9.17) is 16.0 Å². The van der Waals surface area contributed by atoms with Gasteiger partial charge in [0.25, 0.3) is 0 Å². The molecule has 0 radical (unpaired) electrons. The molecule has 6 nitrogen and oxygen atoms in total. The zero-order valence-corrected chi connectivity index (χ0v) is 13.6. The molecule has 1 unspecified atom stereocenters. The molecule has 1 aliphatic carbocycles. The standard InChI is InChI=1S/C16H18N4O2S/c1-16(11-5-3-2-4-6-11)8-7-13-12(9-16)19-15(23-13)20(14(17)18)22-10-21/h2-6,10H,7-9H2,1H3,(H3,17,18). The fourth-order valence-electron chi connectivity index (χ4n) is 2.97. The predicted molar refractivity (Wildman–Crippen MR) is 89.5 cm³/mol. The van der Waals surface area contributed by atoms with Crippen molar-refractivity contribution in [2.45, 2.75) is 31.6 Å². The largest absolute Gasteiger partial charge is 0.367 e. The van der Waals surface area contributed by atoms with Gasteiger partial charge in [0.15, 0.2) is 0 Å². The Morgan fingerprint density at radius 1 is 1.48 bits per heavy atom. The number of nitrogens with zero attached hydrogens (tertiary/aromatic N) is 2. The Bertz CT molecular complexity index is 731. The van der Waals surface area contributed by atoms with Gasteiger partial charge in [-0.25, -0.2) is 4.98 Å². The van der Waals surface area contributed by atoms with Crippen molar-refractivity contribution in [1.82, 2.24) is 4.98 Å². The van der Waals surface area contributed by atoms with E-state index in [0.29, 0.717) is 5.13 Å². The summed E-state index contributed by atoms with van der Waals surface area (Å²) in [6.07, 6.45) is 2.75. The van der Waals surface area contributed by atoms with Crippen molar-refractivity contribution in [2.75, 3.05) is 5.06 Å². The molecule has 2 aromatic rings. The lowest BCUT2D eigenvalue weighted by molar-refractivity contribution is -0.128. The predicted octanol–water partition coefficient (Wildman–Crippen LogP) is 2.38. The van der Waals surface area contributed by atoms with Crippen LogP contribution in [0.5, 0.6) is 0 Å². The van der Waals surface area contributed by atoms with Crippen molar-refractivity contribution >= 4 is 28.9 Å². The van der Waals surface area contributed by atoms with E-state index in [1.807, 2.05) is 6.07 Å². The number of thiazole rings is 1. The second-order valence-electron chi connectivity index (χ2n) is 5.85. The molecule has 1 heterocycles. The van der Waals surface area contributed by atoms with Crippen LogP contribution in [-0.4, -0.2) is 17.4 Å². The number of anilines is 1. The molecule has 3 N–H and O–H groups in total. The lowest BCUT2D eigenvalue weighted by atomic mass is 9.72. The van der Waals surface area contributed by atoms with Gasteiger partial charge >= 0.3 is 6.47 Å². The first-order valence-corrected chi connectivity index (χ1v) is 8.14. The molecule has 1 aromatic heterocycles. The number of nitrogens with two attached hydrogens (primary N) is 1. The second-order valence-corrected chi connectivity index (χ2v) is 6.91. The van der Waals surface area contributed by atoms with Gasteiger partial charge in [-0.3, -0.25) is 10.2 Å². The normalized spacial score (nSPS) is 19.7. The highest BCUT2D eigenvalue weighted by molar-refractivity contribution is 7.15. The highest BCUT2D eigenvalue weighted by atomic mass is 32.1. The molecule has 0 spiro atoms. The third-order valence-electron chi connectivity index (χ3n) is 4.24. The second kappa shape index (κ2) is 6.00. The quantitative estimate of drug-likeness (QED) is 0.389. The Morgan fingerprint density at radius 2 is 2.22 bits per heavy atom. The van der Waals surface area contributed by atoms with Gasteiger partial charge in [-0.1, -0.05) is 48.6 Å². The molecule has 0 aliphatic heterocycles. The minimum Gasteiger partial charge on any atom is -0.367 e. The van der Waals surface area contributed by atoms with Gasteiger partial charge in [0.1, 0.15) is 0 Å². The average molecular weight is 330 g/mol. The third-order valence-corrected chi connectivity index (χ3v) is 5.37. The number of aromatic nitrogens is 1. The Morgan fingerprint density at radius 3 is 2.87 bits per heavy atom. The summed E-state index contributed by atoms with van der Waals surface area (Å²) in [6, 6.07) is 10.4. The SMILES string of the molecule is CC1(c2ccccc2)CCc2sc(N(OC=O)C(=N)N)nc2C1. The molecule has 0 bridgehead atoms. The number of hydroxylamine groups is 1. The number of rotatable bonds is 4. The minimum atomic E-state index is -0.367. The minimum absolute atomic E-state index is 0.0339. The number of hydrogen-bond donors (Lipinski definition) is 2. The number of aryl methyl sites for hydroxylation is 1. The molecule has 3 rings (SSSR count). The first-order chi connectivity index (χ1) is 11.0. The highest BCUT2D eigenvalue weighted by Crippen LogP contribution is 2.41. The topological polar surface area (TPSA) is 92.3 Å². The molecular formula is C16H18N4O2S. The molecule has 0 amide bonds. The van der Waals surface area contributed by atoms with Gasteiger partial charge in [-0.2, -0.15) is 0 Å². The number of guanidine groups is 1. The van der Waals surface area contributed by atoms with Crippen LogP contribution in [0.25, 0.3) is 0 Å². The Labute approximate surface area is 138 Å². The van der Waals surface area contributed by atoms with Crippen LogP contribution in [-0.2, 0) is 27.9 Å². The van der Waals surface area contributed by atoms with Crippen molar-refractivity contribution in [2.24, 2.45) is 5.73 Å². The van der Waals surface area contributed by atoms with Crippen LogP contribution in [0.1, 0.15) is 29.5 Å². The lowest BCUT2D eigenvalue weighted by Crippen LogP contribution is -2.36. The van der Waals surface area contributed by atoms with Crippen LogP contribution in [0.15, 0.2) is 30.3 Å². The summed E-state index contributed by atoms with van der Waals surface area (Å²) >= 11 is 1.42. The van der Waals surface area contributed by atoms with Crippen LogP contribution in [0.3, 0.4) is 0 Å². The van der Waals surface area contributed by atoms with Crippen molar-refractivity contribution in [3.8, 4) is 0 Å². The molecule has 1 atom stereocenters. The van der Waals surface area contributed by atoms with Crippen LogP contribution < -0.4 is 10.8 Å². The van der Waals surface area contributed by atoms with Crippen molar-refractivity contribution in [3.05, 3.63) is 46.5 Å². The number of nitrogens with one attached hydrogen (secondary N) is 1. The van der Waals surface area contributed by atoms with Gasteiger partial charge in [0, 0.05) is 11.3 Å². The van der Waals surface area contributed by atoms with Crippen LogP contribution in [0.2, 0.25) is 0 Å². The van der Waals surface area contributed by atoms with Crippen molar-refractivity contribution in [3.63, 3.8) is 0 Å². The maximum Gasteiger partial charge on any atom is 0.321 e. The first kappa shape index (κ1) is 15.5. The molecule has 0 saturated heterocycles. The Kier molecular flexibility index (Phi) is 4.04. The van der Waals surface area contributed by atoms with E-state index >= 15 is 0 Å². The van der Waals surface area contributed by atoms with Crippen molar-refractivity contribution < 1.29 is 9.63 Å². The fraction of sp³-hybridized carbons (Fsp3) is 0.312. The molecule has 0 saturated carbocycles. The summed E-state index contributed by atoms with van der Waals surface area (Å²) in [5, 5.41) is 8.88. The van der Waals surface area contributed by atoms with E-state index in [1.165, 1.54) is 16.9 Å². The average Bonchev–Trinajstić information content (AvgIpc) is 2.95. The summed E-state index contributed by atoms with van der Waals surface area (Å²) in [4.78, 5) is 21.1. The summed E-state index contributed by atoms with van der Waals surface area (Å²) in [5.41, 5.74) is 7.77. The molecule has 120 valence electrons. The molecule has 1 aliphatic rings. The zero-order chi connectivity index (χ0) is 16.4. The monoisotopic (exact) mass is 330 g/mol. The van der Waals surface area contributed by atoms with Gasteiger partial charge < -0.3 is 10.6 Å². The number of carbonyl (C=O) groups excluding carboxylic acids is 1. The van der Waals surface area contributed by atoms with Crippen LogP contribution in [0, 0.1) is 5.41 Å². The van der Waals surface area contributed by atoms with Gasteiger partial charge in [-0.15, -0.1) is 5.06 Å². The number of hydrogen-bond acceptors (Lipinski definition) is 5. The third kappa shape index (κ3) is 2.92. The van der Waals surface area contributed by atoms with Crippen LogP contribution >= 0.6 is 11.3 Å². The van der Waals surface area contributed by atoms with E-state index in [9.17, 15) is 4.79 Å². The Balaban J connectivity index is 1.90. The van der Waals surface area contributed by atoms with E-state index in [2.05, 4.69) is 36.2 Å². The van der Waals surface area contributed by atoms with E-state index in [0.717, 1.165) is 34.9 Å². The lowest BCUT2D eigenvalue weighted by Gasteiger charge is -2.33. The van der Waals surface area contributed by atoms with Crippen LogP contribution in [0.4, 0.5) is 5.13 Å². The summed E-state index contributed by atoms with van der Waals surface area (Å²) in [6.45, 7) is 2.49. The van der Waals surface area contributed by atoms with Gasteiger partial charge in [0.2, 0.25) is 11.1 Å². The van der Waals surface area contributed by atoms with E-state index in [-0.39, 0.29) is 17.8 Å². The fourth-order valence-corrected chi connectivity index (χ4v) is 4.01. The molecule has 1 aromatic carbocycles. The van der Waals surface area contributed by atoms with Crippen molar-refractivity contribution in [1.29, 1.82) is 5.41 Å². The first-order valence-electron chi connectivity index (χ1n) is 7.32. The molecule has 23 heavy (non-hydrogen) atoms. The van der Waals surface area contributed by atoms with Gasteiger partial charge in [-0.05, 0) is 23.8 Å². The zero-order valence-electron chi connectivity index (χ0n) is 12.8. The number of benzene rings is 1. The molecular weight excluding hydrogens is 312 g/mol. The summed E-state index contributed by atoms with van der Waals surface area (Å²) < 4.78 is 0. The number of fused-ring (bicyclic) bond motifs is 1. The Hall–Kier alpha value is -2.41. The molecule has 0 fully saturated rings. The maximum absolute atomic E-state index is 10.6. The number of carbonyl (C=O) groups is 1. The van der Waals surface area contributed by atoms with E-state index in [1.54, 1.807) is 0 Å². The van der Waals surface area contributed by atoms with Gasteiger partial charge in [0.05, 0.1) is 5.69 Å². The molecule has 7 heteroatoms. The van der Waals surface area contributed by atoms with E-state index < -0.39 is 0 Å². The maximum atomic E-state index is 10.6.